The van der Waals surface area contributed by atoms with Crippen molar-refractivity contribution in [2.24, 2.45) is 0 Å². The first-order valence-corrected chi connectivity index (χ1v) is 16.5. The Labute approximate surface area is 260 Å². The smallest absolute Gasteiger partial charge is 0.264 e. The molecule has 8 nitrogen and oxygen atoms in total. The van der Waals surface area contributed by atoms with Crippen LogP contribution >= 0.6 is 11.6 Å². The number of benzene rings is 3. The highest BCUT2D eigenvalue weighted by Crippen LogP contribution is 2.27. The summed E-state index contributed by atoms with van der Waals surface area (Å²) in [5, 5.41) is 3.50. The van der Waals surface area contributed by atoms with Crippen LogP contribution in [-0.4, -0.2) is 50.9 Å². The first-order valence-electron chi connectivity index (χ1n) is 14.7. The number of rotatable bonds is 12. The van der Waals surface area contributed by atoms with E-state index in [1.54, 1.807) is 49.6 Å². The lowest BCUT2D eigenvalue weighted by atomic mass is 9.95. The monoisotopic (exact) mass is 625 g/mol. The summed E-state index contributed by atoms with van der Waals surface area (Å²) in [4.78, 5) is 29.4. The van der Waals surface area contributed by atoms with Gasteiger partial charge in [-0.1, -0.05) is 73.7 Å². The van der Waals surface area contributed by atoms with E-state index in [0.717, 1.165) is 47.5 Å². The van der Waals surface area contributed by atoms with E-state index >= 15 is 0 Å². The molecule has 2 amide bonds. The maximum atomic E-state index is 14.3. The van der Waals surface area contributed by atoms with Gasteiger partial charge in [0.15, 0.2) is 0 Å². The Morgan fingerprint density at radius 2 is 1.67 bits per heavy atom. The highest BCUT2D eigenvalue weighted by molar-refractivity contribution is 7.92. The van der Waals surface area contributed by atoms with Crippen molar-refractivity contribution in [3.05, 3.63) is 88.9 Å². The van der Waals surface area contributed by atoms with Crippen LogP contribution < -0.4 is 14.4 Å². The Morgan fingerprint density at radius 1 is 1.00 bits per heavy atom. The molecule has 10 heteroatoms. The van der Waals surface area contributed by atoms with Crippen molar-refractivity contribution < 1.29 is 22.7 Å². The quantitative estimate of drug-likeness (QED) is 0.262. The molecule has 0 heterocycles. The summed E-state index contributed by atoms with van der Waals surface area (Å²) in [6.07, 6.45) is 5.45. The third-order valence-electron chi connectivity index (χ3n) is 7.83. The number of hydrogen-bond acceptors (Lipinski definition) is 5. The van der Waals surface area contributed by atoms with Crippen molar-refractivity contribution in [2.75, 3.05) is 18.0 Å². The Bertz CT molecular complexity index is 1490. The van der Waals surface area contributed by atoms with Crippen LogP contribution in [0.1, 0.15) is 56.6 Å². The predicted molar refractivity (Wildman–Crippen MR) is 170 cm³/mol. The highest BCUT2D eigenvalue weighted by Gasteiger charge is 2.34. The van der Waals surface area contributed by atoms with E-state index in [2.05, 4.69) is 5.32 Å². The van der Waals surface area contributed by atoms with Crippen LogP contribution in [-0.2, 0) is 26.2 Å². The minimum absolute atomic E-state index is 0.0506. The number of halogens is 1. The van der Waals surface area contributed by atoms with E-state index in [-0.39, 0.29) is 29.1 Å². The Kier molecular flexibility index (Phi) is 11.1. The number of aryl methyl sites for hydroxylation is 1. The molecule has 0 saturated heterocycles. The summed E-state index contributed by atoms with van der Waals surface area (Å²) in [5.74, 6) is -0.0656. The molecule has 1 atom stereocenters. The minimum atomic E-state index is -4.16. The second-order valence-electron chi connectivity index (χ2n) is 10.9. The molecular formula is C33H40ClN3O5S. The van der Waals surface area contributed by atoms with Crippen molar-refractivity contribution in [3.8, 4) is 5.75 Å². The number of ether oxygens (including phenoxy) is 1. The zero-order chi connectivity index (χ0) is 31.0. The molecule has 3 aromatic rings. The van der Waals surface area contributed by atoms with Crippen LogP contribution in [0.25, 0.3) is 0 Å². The fourth-order valence-corrected chi connectivity index (χ4v) is 6.98. The lowest BCUT2D eigenvalue weighted by Crippen LogP contribution is -2.54. The second kappa shape index (κ2) is 14.8. The molecule has 3 aromatic carbocycles. The summed E-state index contributed by atoms with van der Waals surface area (Å²) in [6.45, 7) is 3.33. The van der Waals surface area contributed by atoms with Crippen LogP contribution in [0.15, 0.2) is 77.7 Å². The highest BCUT2D eigenvalue weighted by atomic mass is 35.5. The van der Waals surface area contributed by atoms with Gasteiger partial charge in [-0.05, 0) is 74.2 Å². The zero-order valence-electron chi connectivity index (χ0n) is 25.0. The third-order valence-corrected chi connectivity index (χ3v) is 9.86. The summed E-state index contributed by atoms with van der Waals surface area (Å²) in [5.41, 5.74) is 1.95. The van der Waals surface area contributed by atoms with Gasteiger partial charge in [-0.3, -0.25) is 13.9 Å². The molecule has 0 radical (unpaired) electrons. The number of amides is 2. The van der Waals surface area contributed by atoms with Gasteiger partial charge in [0.2, 0.25) is 11.8 Å². The summed E-state index contributed by atoms with van der Waals surface area (Å²) >= 11 is 6.26. The largest absolute Gasteiger partial charge is 0.497 e. The number of nitrogens with one attached hydrogen (secondary N) is 1. The fraction of sp³-hybridized carbons (Fsp3) is 0.394. The summed E-state index contributed by atoms with van der Waals surface area (Å²) in [6, 6.07) is 19.4. The minimum Gasteiger partial charge on any atom is -0.497 e. The molecule has 0 aliphatic heterocycles. The number of hydrogen-bond donors (Lipinski definition) is 1. The zero-order valence-corrected chi connectivity index (χ0v) is 26.5. The van der Waals surface area contributed by atoms with E-state index in [4.69, 9.17) is 16.3 Å². The van der Waals surface area contributed by atoms with Crippen molar-refractivity contribution in [3.63, 3.8) is 0 Å². The van der Waals surface area contributed by atoms with E-state index in [1.807, 2.05) is 26.0 Å². The van der Waals surface area contributed by atoms with Gasteiger partial charge in [-0.2, -0.15) is 0 Å². The molecule has 4 rings (SSSR count). The number of sulfonamides is 1. The number of carbonyl (C=O) groups excluding carboxylic acids is 2. The predicted octanol–water partition coefficient (Wildman–Crippen LogP) is 6.11. The Hall–Kier alpha value is -3.56. The van der Waals surface area contributed by atoms with Gasteiger partial charge in [0.1, 0.15) is 18.3 Å². The summed E-state index contributed by atoms with van der Waals surface area (Å²) < 4.78 is 34.3. The molecule has 0 spiro atoms. The van der Waals surface area contributed by atoms with Gasteiger partial charge in [-0.25, -0.2) is 8.42 Å². The van der Waals surface area contributed by atoms with Gasteiger partial charge in [0, 0.05) is 17.6 Å². The molecule has 1 aliphatic rings. The van der Waals surface area contributed by atoms with E-state index in [0.29, 0.717) is 17.2 Å². The summed E-state index contributed by atoms with van der Waals surface area (Å²) in [7, 11) is -2.59. The first kappa shape index (κ1) is 32.4. The second-order valence-corrected chi connectivity index (χ2v) is 13.2. The molecule has 43 heavy (non-hydrogen) atoms. The molecule has 0 bridgehead atoms. The van der Waals surface area contributed by atoms with E-state index in [1.165, 1.54) is 23.1 Å². The maximum absolute atomic E-state index is 14.3. The molecule has 1 fully saturated rings. The van der Waals surface area contributed by atoms with Crippen molar-refractivity contribution in [1.82, 2.24) is 10.2 Å². The molecule has 230 valence electrons. The average Bonchev–Trinajstić information content (AvgIpc) is 3.00. The first-order chi connectivity index (χ1) is 20.6. The molecule has 1 aliphatic carbocycles. The van der Waals surface area contributed by atoms with Crippen LogP contribution in [0.4, 0.5) is 5.69 Å². The SMILES string of the molecule is CC[C@H](C(=O)NC1CCCCC1)N(Cc1ccc(OC)cc1)C(=O)CN(c1cccc(Cl)c1)S(=O)(=O)c1ccc(C)cc1. The molecule has 1 N–H and O–H groups in total. The number of methoxy groups -OCH3 is 1. The van der Waals surface area contributed by atoms with Crippen molar-refractivity contribution in [1.29, 1.82) is 0 Å². The normalized spacial score (nSPS) is 14.5. The topological polar surface area (TPSA) is 96.0 Å². The van der Waals surface area contributed by atoms with E-state index < -0.39 is 28.5 Å². The fourth-order valence-electron chi connectivity index (χ4n) is 5.39. The maximum Gasteiger partial charge on any atom is 0.264 e. The van der Waals surface area contributed by atoms with Crippen LogP contribution in [0, 0.1) is 6.92 Å². The van der Waals surface area contributed by atoms with Crippen molar-refractivity contribution >= 4 is 39.1 Å². The number of carbonyl (C=O) groups is 2. The van der Waals surface area contributed by atoms with Crippen LogP contribution in [0.5, 0.6) is 5.75 Å². The van der Waals surface area contributed by atoms with Gasteiger partial charge in [-0.15, -0.1) is 0 Å². The number of nitrogens with zero attached hydrogens (tertiary/aromatic N) is 2. The standard InChI is InChI=1S/C33H40ClN3O5S/c1-4-31(33(39)35-27-10-6-5-7-11-27)36(22-25-15-17-29(42-3)18-16-25)32(38)23-37(28-12-8-9-26(34)21-28)43(40,41)30-19-13-24(2)14-20-30/h8-9,12-21,27,31H,4-7,10-11,22-23H2,1-3H3,(H,35,39)/t31-/m1/s1. The van der Waals surface area contributed by atoms with E-state index in [9.17, 15) is 18.0 Å². The lowest BCUT2D eigenvalue weighted by molar-refractivity contribution is -0.140. The molecule has 0 aromatic heterocycles. The van der Waals surface area contributed by atoms with Gasteiger partial charge in [0.25, 0.3) is 10.0 Å². The molecule has 0 unspecified atom stereocenters. The Balaban J connectivity index is 1.70. The van der Waals surface area contributed by atoms with Crippen molar-refractivity contribution in [2.45, 2.75) is 75.9 Å². The average molecular weight is 626 g/mol. The van der Waals surface area contributed by atoms with Gasteiger partial charge in [0.05, 0.1) is 17.7 Å². The van der Waals surface area contributed by atoms with Gasteiger partial charge >= 0.3 is 0 Å². The number of anilines is 1. The molecule has 1 saturated carbocycles. The third kappa shape index (κ3) is 8.30. The van der Waals surface area contributed by atoms with Gasteiger partial charge < -0.3 is 15.0 Å². The Morgan fingerprint density at radius 3 is 2.28 bits per heavy atom. The van der Waals surface area contributed by atoms with Crippen LogP contribution in [0.2, 0.25) is 5.02 Å². The van der Waals surface area contributed by atoms with Crippen LogP contribution in [0.3, 0.4) is 0 Å². The molecular weight excluding hydrogens is 586 g/mol. The lowest BCUT2D eigenvalue weighted by Gasteiger charge is -2.34.